The number of nitrogens with one attached hydrogen (secondary N) is 1. The number of methoxy groups -OCH3 is 1. The summed E-state index contributed by atoms with van der Waals surface area (Å²) < 4.78 is 4.90. The lowest BCUT2D eigenvalue weighted by molar-refractivity contribution is -0.145. The van der Waals surface area contributed by atoms with E-state index in [9.17, 15) is 14.7 Å². The lowest BCUT2D eigenvalue weighted by Crippen LogP contribution is -2.45. The summed E-state index contributed by atoms with van der Waals surface area (Å²) in [5.74, 6) is -1.21. The SMILES string of the molecule is COC(=O)[C@@H](Cc1ccc(O)cc1)NC(=O)C(c1ccccc1)c1ccccc1. The van der Waals surface area contributed by atoms with Gasteiger partial charge in [-0.2, -0.15) is 0 Å². The van der Waals surface area contributed by atoms with Crippen LogP contribution in [0.15, 0.2) is 84.9 Å². The molecule has 0 bridgehead atoms. The first kappa shape index (κ1) is 20.1. The fourth-order valence-corrected chi connectivity index (χ4v) is 3.24. The van der Waals surface area contributed by atoms with Crippen LogP contribution in [0.25, 0.3) is 0 Å². The summed E-state index contributed by atoms with van der Waals surface area (Å²) in [5.41, 5.74) is 2.48. The van der Waals surface area contributed by atoms with Gasteiger partial charge in [0.15, 0.2) is 0 Å². The molecule has 0 heterocycles. The van der Waals surface area contributed by atoms with Crippen molar-refractivity contribution >= 4 is 11.9 Å². The van der Waals surface area contributed by atoms with E-state index in [4.69, 9.17) is 4.74 Å². The molecule has 0 unspecified atom stereocenters. The zero-order chi connectivity index (χ0) is 20.6. The molecule has 0 saturated heterocycles. The Hall–Kier alpha value is -3.60. The molecule has 0 aliphatic rings. The zero-order valence-corrected chi connectivity index (χ0v) is 16.1. The second-order valence-corrected chi connectivity index (χ2v) is 6.71. The summed E-state index contributed by atoms with van der Waals surface area (Å²) in [7, 11) is 1.30. The predicted molar refractivity (Wildman–Crippen MR) is 110 cm³/mol. The quantitative estimate of drug-likeness (QED) is 0.607. The second-order valence-electron chi connectivity index (χ2n) is 6.71. The summed E-state index contributed by atoms with van der Waals surface area (Å²) in [6.07, 6.45) is 0.259. The fourth-order valence-electron chi connectivity index (χ4n) is 3.24. The van der Waals surface area contributed by atoms with Gasteiger partial charge in [0.05, 0.1) is 13.0 Å². The number of benzene rings is 3. The minimum atomic E-state index is -0.841. The van der Waals surface area contributed by atoms with Crippen LogP contribution in [0.1, 0.15) is 22.6 Å². The molecule has 5 heteroatoms. The van der Waals surface area contributed by atoms with E-state index < -0.39 is 17.9 Å². The molecular formula is C24H23NO4. The maximum Gasteiger partial charge on any atom is 0.328 e. The van der Waals surface area contributed by atoms with Crippen molar-refractivity contribution in [2.45, 2.75) is 18.4 Å². The van der Waals surface area contributed by atoms with Crippen LogP contribution in [0.3, 0.4) is 0 Å². The number of ether oxygens (including phenoxy) is 1. The third-order valence-corrected chi connectivity index (χ3v) is 4.71. The van der Waals surface area contributed by atoms with E-state index in [-0.39, 0.29) is 18.1 Å². The van der Waals surface area contributed by atoms with E-state index in [0.29, 0.717) is 0 Å². The van der Waals surface area contributed by atoms with Crippen molar-refractivity contribution in [3.05, 3.63) is 102 Å². The molecular weight excluding hydrogens is 366 g/mol. The van der Waals surface area contributed by atoms with E-state index >= 15 is 0 Å². The molecule has 0 saturated carbocycles. The summed E-state index contributed by atoms with van der Waals surface area (Å²) in [6, 6.07) is 24.6. The van der Waals surface area contributed by atoms with Crippen molar-refractivity contribution in [2.24, 2.45) is 0 Å². The van der Waals surface area contributed by atoms with Gasteiger partial charge in [-0.05, 0) is 28.8 Å². The number of carbonyl (C=O) groups excluding carboxylic acids is 2. The maximum atomic E-state index is 13.3. The Kier molecular flexibility index (Phi) is 6.63. The van der Waals surface area contributed by atoms with Crippen molar-refractivity contribution in [2.75, 3.05) is 7.11 Å². The monoisotopic (exact) mass is 389 g/mol. The largest absolute Gasteiger partial charge is 0.508 e. The molecule has 0 fully saturated rings. The van der Waals surface area contributed by atoms with Crippen LogP contribution in [-0.4, -0.2) is 30.1 Å². The molecule has 3 aromatic rings. The normalized spacial score (nSPS) is 11.7. The van der Waals surface area contributed by atoms with Crippen LogP contribution in [0.2, 0.25) is 0 Å². The lowest BCUT2D eigenvalue weighted by atomic mass is 9.90. The second kappa shape index (κ2) is 9.55. The third kappa shape index (κ3) is 5.23. The number of amides is 1. The number of esters is 1. The van der Waals surface area contributed by atoms with Gasteiger partial charge in [-0.15, -0.1) is 0 Å². The molecule has 0 aliphatic heterocycles. The average Bonchev–Trinajstić information content (AvgIpc) is 2.76. The first-order valence-electron chi connectivity index (χ1n) is 9.34. The smallest absolute Gasteiger partial charge is 0.328 e. The molecule has 3 aromatic carbocycles. The Morgan fingerprint density at radius 3 is 1.86 bits per heavy atom. The summed E-state index contributed by atoms with van der Waals surface area (Å²) in [4.78, 5) is 25.6. The van der Waals surface area contributed by atoms with Gasteiger partial charge >= 0.3 is 5.97 Å². The molecule has 0 spiro atoms. The van der Waals surface area contributed by atoms with Crippen LogP contribution in [-0.2, 0) is 20.7 Å². The van der Waals surface area contributed by atoms with E-state index in [2.05, 4.69) is 5.32 Å². The highest BCUT2D eigenvalue weighted by molar-refractivity contribution is 5.91. The Balaban J connectivity index is 1.87. The van der Waals surface area contributed by atoms with Crippen LogP contribution < -0.4 is 5.32 Å². The number of aromatic hydroxyl groups is 1. The Morgan fingerprint density at radius 1 is 0.862 bits per heavy atom. The standard InChI is InChI=1S/C24H23NO4/c1-29-24(28)21(16-17-12-14-20(26)15-13-17)25-23(27)22(18-8-4-2-5-9-18)19-10-6-3-7-11-19/h2-15,21-22,26H,16H2,1H3,(H,25,27)/t21-/m1/s1. The highest BCUT2D eigenvalue weighted by Crippen LogP contribution is 2.25. The van der Waals surface area contributed by atoms with Gasteiger partial charge in [0.2, 0.25) is 5.91 Å². The van der Waals surface area contributed by atoms with Gasteiger partial charge in [0, 0.05) is 6.42 Å². The number of phenolic OH excluding ortho intramolecular Hbond substituents is 1. The van der Waals surface area contributed by atoms with Crippen molar-refractivity contribution in [3.8, 4) is 5.75 Å². The van der Waals surface area contributed by atoms with E-state index in [1.807, 2.05) is 60.7 Å². The molecule has 148 valence electrons. The van der Waals surface area contributed by atoms with Crippen LogP contribution in [0.5, 0.6) is 5.75 Å². The summed E-state index contributed by atoms with van der Waals surface area (Å²) >= 11 is 0. The van der Waals surface area contributed by atoms with E-state index in [1.54, 1.807) is 24.3 Å². The van der Waals surface area contributed by atoms with Crippen LogP contribution >= 0.6 is 0 Å². The molecule has 0 aliphatic carbocycles. The minimum absolute atomic E-state index is 0.139. The lowest BCUT2D eigenvalue weighted by Gasteiger charge is -2.22. The zero-order valence-electron chi connectivity index (χ0n) is 16.1. The number of phenols is 1. The molecule has 5 nitrogen and oxygen atoms in total. The minimum Gasteiger partial charge on any atom is -0.508 e. The molecule has 3 rings (SSSR count). The first-order valence-corrected chi connectivity index (χ1v) is 9.34. The molecule has 0 aromatic heterocycles. The third-order valence-electron chi connectivity index (χ3n) is 4.71. The first-order chi connectivity index (χ1) is 14.1. The Bertz CT molecular complexity index is 900. The van der Waals surface area contributed by atoms with Crippen molar-refractivity contribution in [1.82, 2.24) is 5.32 Å². The molecule has 0 radical (unpaired) electrons. The van der Waals surface area contributed by atoms with Crippen molar-refractivity contribution < 1.29 is 19.4 Å². The molecule has 1 amide bonds. The van der Waals surface area contributed by atoms with Gasteiger partial charge in [-0.1, -0.05) is 72.8 Å². The molecule has 1 atom stereocenters. The van der Waals surface area contributed by atoms with Gasteiger partial charge in [-0.3, -0.25) is 4.79 Å². The van der Waals surface area contributed by atoms with Crippen LogP contribution in [0, 0.1) is 0 Å². The van der Waals surface area contributed by atoms with Gasteiger partial charge in [-0.25, -0.2) is 4.79 Å². The van der Waals surface area contributed by atoms with Gasteiger partial charge < -0.3 is 15.2 Å². The van der Waals surface area contributed by atoms with Gasteiger partial charge in [0.25, 0.3) is 0 Å². The van der Waals surface area contributed by atoms with Crippen molar-refractivity contribution in [3.63, 3.8) is 0 Å². The summed E-state index contributed by atoms with van der Waals surface area (Å²) in [5, 5.41) is 12.3. The highest BCUT2D eigenvalue weighted by Gasteiger charge is 2.28. The Labute approximate surface area is 170 Å². The van der Waals surface area contributed by atoms with Crippen LogP contribution in [0.4, 0.5) is 0 Å². The average molecular weight is 389 g/mol. The van der Waals surface area contributed by atoms with E-state index in [0.717, 1.165) is 16.7 Å². The van der Waals surface area contributed by atoms with Gasteiger partial charge in [0.1, 0.15) is 11.8 Å². The number of hydrogen-bond acceptors (Lipinski definition) is 4. The summed E-state index contributed by atoms with van der Waals surface area (Å²) in [6.45, 7) is 0. The van der Waals surface area contributed by atoms with Crippen molar-refractivity contribution in [1.29, 1.82) is 0 Å². The highest BCUT2D eigenvalue weighted by atomic mass is 16.5. The molecule has 2 N–H and O–H groups in total. The predicted octanol–water partition coefficient (Wildman–Crippen LogP) is 3.42. The van der Waals surface area contributed by atoms with E-state index in [1.165, 1.54) is 7.11 Å². The Morgan fingerprint density at radius 2 is 1.38 bits per heavy atom. The number of carbonyl (C=O) groups is 2. The fraction of sp³-hybridized carbons (Fsp3) is 0.167. The number of rotatable bonds is 7. The molecule has 29 heavy (non-hydrogen) atoms. The maximum absolute atomic E-state index is 13.3. The topological polar surface area (TPSA) is 75.6 Å². The number of hydrogen-bond donors (Lipinski definition) is 2.